The lowest BCUT2D eigenvalue weighted by molar-refractivity contribution is -0.137. The quantitative estimate of drug-likeness (QED) is 0.712. The van der Waals surface area contributed by atoms with Crippen molar-refractivity contribution in [3.63, 3.8) is 0 Å². The van der Waals surface area contributed by atoms with Crippen molar-refractivity contribution in [3.8, 4) is 17.6 Å². The van der Waals surface area contributed by atoms with Crippen LogP contribution in [0.4, 0.5) is 0 Å². The highest BCUT2D eigenvalue weighted by Crippen LogP contribution is 2.38. The Morgan fingerprint density at radius 2 is 2.08 bits per heavy atom. The molecule has 1 aliphatic rings. The summed E-state index contributed by atoms with van der Waals surface area (Å²) in [6, 6.07) is 13.8. The van der Waals surface area contributed by atoms with Gasteiger partial charge in [0, 0.05) is 4.47 Å². The average molecular weight is 399 g/mol. The molecule has 4 heteroatoms. The van der Waals surface area contributed by atoms with Crippen LogP contribution in [0.2, 0.25) is 0 Å². The van der Waals surface area contributed by atoms with Crippen molar-refractivity contribution in [2.24, 2.45) is 0 Å². The fraction of sp³-hybridized carbons (Fsp3) is 0.286. The zero-order chi connectivity index (χ0) is 17.8. The molecule has 0 radical (unpaired) electrons. The van der Waals surface area contributed by atoms with Crippen LogP contribution >= 0.6 is 15.9 Å². The number of carboxylic acid groups (broad SMARTS) is 1. The summed E-state index contributed by atoms with van der Waals surface area (Å²) in [6.07, 6.45) is 2.03. The smallest absolute Gasteiger partial charge is 0.304 e. The molecule has 1 N–H and O–H groups in total. The van der Waals surface area contributed by atoms with Crippen LogP contribution in [0.1, 0.15) is 48.5 Å². The van der Waals surface area contributed by atoms with E-state index < -0.39 is 5.97 Å². The van der Waals surface area contributed by atoms with Gasteiger partial charge < -0.3 is 9.84 Å². The Morgan fingerprint density at radius 1 is 1.32 bits per heavy atom. The minimum Gasteiger partial charge on any atom is -0.486 e. The van der Waals surface area contributed by atoms with Gasteiger partial charge in [0.25, 0.3) is 0 Å². The predicted molar refractivity (Wildman–Crippen MR) is 101 cm³/mol. The molecule has 2 unspecified atom stereocenters. The first-order valence-corrected chi connectivity index (χ1v) is 9.05. The molecule has 0 heterocycles. The third-order valence-electron chi connectivity index (χ3n) is 4.42. The second-order valence-electron chi connectivity index (χ2n) is 6.07. The second kappa shape index (κ2) is 7.76. The highest BCUT2D eigenvalue weighted by atomic mass is 79.9. The first-order chi connectivity index (χ1) is 12.1. The molecule has 128 valence electrons. The van der Waals surface area contributed by atoms with E-state index in [1.807, 2.05) is 30.3 Å². The van der Waals surface area contributed by atoms with Crippen LogP contribution in [-0.2, 0) is 11.2 Å². The fourth-order valence-electron chi connectivity index (χ4n) is 3.24. The molecule has 3 nitrogen and oxygen atoms in total. The maximum atomic E-state index is 11.0. The lowest BCUT2D eigenvalue weighted by atomic mass is 9.96. The van der Waals surface area contributed by atoms with Crippen LogP contribution in [0.25, 0.3) is 0 Å². The standard InChI is InChI=1S/C21H19BrO3/c1-2-4-15(13-21(23)24)14-7-9-16(10-8-14)25-20-12-11-17-18(20)5-3-6-19(17)22/h3,5-10,15,20H,11-13H2,1H3,(H,23,24). The van der Waals surface area contributed by atoms with Gasteiger partial charge in [-0.2, -0.15) is 0 Å². The number of halogens is 1. The van der Waals surface area contributed by atoms with Crippen molar-refractivity contribution in [1.82, 2.24) is 0 Å². The number of ether oxygens (including phenoxy) is 1. The molecule has 3 rings (SSSR count). The second-order valence-corrected chi connectivity index (χ2v) is 6.92. The number of hydrogen-bond acceptors (Lipinski definition) is 2. The highest BCUT2D eigenvalue weighted by Gasteiger charge is 2.25. The van der Waals surface area contributed by atoms with Crippen LogP contribution in [-0.4, -0.2) is 11.1 Å². The van der Waals surface area contributed by atoms with Gasteiger partial charge in [-0.15, -0.1) is 5.92 Å². The minimum atomic E-state index is -0.846. The van der Waals surface area contributed by atoms with E-state index in [1.165, 1.54) is 11.1 Å². The molecule has 0 aromatic heterocycles. The molecule has 0 fully saturated rings. The highest BCUT2D eigenvalue weighted by molar-refractivity contribution is 9.10. The zero-order valence-corrected chi connectivity index (χ0v) is 15.5. The van der Waals surface area contributed by atoms with Gasteiger partial charge in [0.15, 0.2) is 0 Å². The lowest BCUT2D eigenvalue weighted by Gasteiger charge is -2.16. The van der Waals surface area contributed by atoms with Gasteiger partial charge in [-0.1, -0.05) is 46.1 Å². The van der Waals surface area contributed by atoms with Gasteiger partial charge in [-0.25, -0.2) is 0 Å². The molecule has 0 saturated heterocycles. The average Bonchev–Trinajstić information content (AvgIpc) is 2.99. The van der Waals surface area contributed by atoms with Crippen molar-refractivity contribution in [3.05, 3.63) is 63.6 Å². The summed E-state index contributed by atoms with van der Waals surface area (Å²) >= 11 is 3.60. The SMILES string of the molecule is CC#CC(CC(=O)O)c1ccc(OC2CCc3c(Br)cccc32)cc1. The van der Waals surface area contributed by atoms with E-state index in [1.54, 1.807) is 6.92 Å². The number of benzene rings is 2. The number of hydrogen-bond donors (Lipinski definition) is 1. The number of carboxylic acids is 1. The normalized spacial score (nSPS) is 16.5. The molecule has 0 bridgehead atoms. The Bertz CT molecular complexity index is 830. The summed E-state index contributed by atoms with van der Waals surface area (Å²) in [6.45, 7) is 1.72. The predicted octanol–water partition coefficient (Wildman–Crippen LogP) is 5.10. The molecule has 0 amide bonds. The minimum absolute atomic E-state index is 0.00503. The maximum absolute atomic E-state index is 11.0. The Kier molecular flexibility index (Phi) is 5.45. The van der Waals surface area contributed by atoms with Crippen LogP contribution in [0, 0.1) is 11.8 Å². The Balaban J connectivity index is 1.74. The van der Waals surface area contributed by atoms with Gasteiger partial charge >= 0.3 is 5.97 Å². The molecule has 25 heavy (non-hydrogen) atoms. The molecule has 0 saturated carbocycles. The summed E-state index contributed by atoms with van der Waals surface area (Å²) in [5.41, 5.74) is 3.46. The summed E-state index contributed by atoms with van der Waals surface area (Å²) in [5.74, 6) is 5.43. The largest absolute Gasteiger partial charge is 0.486 e. The molecule has 1 aliphatic carbocycles. The number of fused-ring (bicyclic) bond motifs is 1. The summed E-state index contributed by atoms with van der Waals surface area (Å²) in [5, 5.41) is 9.04. The Morgan fingerprint density at radius 3 is 2.76 bits per heavy atom. The number of aliphatic carboxylic acids is 1. The molecular weight excluding hydrogens is 380 g/mol. The third kappa shape index (κ3) is 4.05. The van der Waals surface area contributed by atoms with Crippen LogP contribution in [0.5, 0.6) is 5.75 Å². The van der Waals surface area contributed by atoms with Gasteiger partial charge in [0.2, 0.25) is 0 Å². The first kappa shape index (κ1) is 17.6. The van der Waals surface area contributed by atoms with Gasteiger partial charge in [0.05, 0.1) is 12.3 Å². The van der Waals surface area contributed by atoms with E-state index in [0.717, 1.165) is 28.6 Å². The van der Waals surface area contributed by atoms with Crippen molar-refractivity contribution < 1.29 is 14.6 Å². The summed E-state index contributed by atoms with van der Waals surface area (Å²) in [7, 11) is 0. The molecule has 2 aromatic carbocycles. The monoisotopic (exact) mass is 398 g/mol. The van der Waals surface area contributed by atoms with Crippen LogP contribution in [0.3, 0.4) is 0 Å². The van der Waals surface area contributed by atoms with Crippen LogP contribution in [0.15, 0.2) is 46.9 Å². The topological polar surface area (TPSA) is 46.5 Å². The van der Waals surface area contributed by atoms with E-state index in [4.69, 9.17) is 9.84 Å². The van der Waals surface area contributed by atoms with Crippen molar-refractivity contribution in [1.29, 1.82) is 0 Å². The molecule has 0 aliphatic heterocycles. The van der Waals surface area contributed by atoms with E-state index in [-0.39, 0.29) is 18.4 Å². The van der Waals surface area contributed by atoms with Gasteiger partial charge in [0.1, 0.15) is 11.9 Å². The van der Waals surface area contributed by atoms with Gasteiger partial charge in [-0.05, 0) is 54.7 Å². The van der Waals surface area contributed by atoms with E-state index in [0.29, 0.717) is 0 Å². The number of carbonyl (C=O) groups is 1. The molecule has 2 aromatic rings. The first-order valence-electron chi connectivity index (χ1n) is 8.26. The van der Waals surface area contributed by atoms with E-state index in [9.17, 15) is 4.79 Å². The van der Waals surface area contributed by atoms with Crippen molar-refractivity contribution in [2.75, 3.05) is 0 Å². The van der Waals surface area contributed by atoms with Crippen LogP contribution < -0.4 is 4.74 Å². The summed E-state index contributed by atoms with van der Waals surface area (Å²) in [4.78, 5) is 11.0. The van der Waals surface area contributed by atoms with Crippen molar-refractivity contribution >= 4 is 21.9 Å². The molecule has 0 spiro atoms. The third-order valence-corrected chi connectivity index (χ3v) is 5.16. The Labute approximate surface area is 156 Å². The van der Waals surface area contributed by atoms with Crippen molar-refractivity contribution in [2.45, 2.75) is 38.2 Å². The maximum Gasteiger partial charge on any atom is 0.304 e. The van der Waals surface area contributed by atoms with E-state index in [2.05, 4.69) is 39.9 Å². The molecular formula is C21H19BrO3. The fourth-order valence-corrected chi connectivity index (χ4v) is 3.82. The zero-order valence-electron chi connectivity index (χ0n) is 14.0. The lowest BCUT2D eigenvalue weighted by Crippen LogP contribution is -2.06. The molecule has 2 atom stereocenters. The summed E-state index contributed by atoms with van der Waals surface area (Å²) < 4.78 is 7.30. The Hall–Kier alpha value is -2.25. The number of rotatable bonds is 5. The van der Waals surface area contributed by atoms with E-state index >= 15 is 0 Å². The van der Waals surface area contributed by atoms with Gasteiger partial charge in [-0.3, -0.25) is 4.79 Å².